The molecule has 0 radical (unpaired) electrons. The maximum absolute atomic E-state index is 13.4. The molecule has 0 bridgehead atoms. The summed E-state index contributed by atoms with van der Waals surface area (Å²) in [6, 6.07) is 3.13. The molecule has 0 saturated heterocycles. The van der Waals surface area contributed by atoms with Crippen molar-refractivity contribution in [3.05, 3.63) is 41.2 Å². The SMILES string of the molecule is CC.Cc1nc(N)n(C(=O)c2c(F)cccc2F)n1. The number of benzene rings is 1. The summed E-state index contributed by atoms with van der Waals surface area (Å²) < 4.78 is 27.4. The molecule has 0 fully saturated rings. The Morgan fingerprint density at radius 1 is 1.26 bits per heavy atom. The average molecular weight is 268 g/mol. The van der Waals surface area contributed by atoms with Gasteiger partial charge in [0.15, 0.2) is 0 Å². The fraction of sp³-hybridized carbons (Fsp3) is 0.250. The van der Waals surface area contributed by atoms with E-state index in [1.54, 1.807) is 0 Å². The second-order valence-corrected chi connectivity index (χ2v) is 3.33. The quantitative estimate of drug-likeness (QED) is 0.860. The molecule has 2 aromatic rings. The lowest BCUT2D eigenvalue weighted by atomic mass is 10.2. The van der Waals surface area contributed by atoms with E-state index in [0.29, 0.717) is 4.68 Å². The van der Waals surface area contributed by atoms with Crippen LogP contribution in [0.1, 0.15) is 30.0 Å². The van der Waals surface area contributed by atoms with Crippen molar-refractivity contribution >= 4 is 11.9 Å². The predicted octanol–water partition coefficient (Wildman–Crippen LogP) is 2.16. The molecule has 0 amide bonds. The van der Waals surface area contributed by atoms with Crippen LogP contribution in [0, 0.1) is 18.6 Å². The van der Waals surface area contributed by atoms with Gasteiger partial charge in [-0.15, -0.1) is 5.10 Å². The van der Waals surface area contributed by atoms with Crippen molar-refractivity contribution in [3.63, 3.8) is 0 Å². The van der Waals surface area contributed by atoms with Crippen LogP contribution in [0.15, 0.2) is 18.2 Å². The minimum Gasteiger partial charge on any atom is -0.368 e. The van der Waals surface area contributed by atoms with Crippen molar-refractivity contribution < 1.29 is 13.6 Å². The highest BCUT2D eigenvalue weighted by molar-refractivity contribution is 5.97. The smallest absolute Gasteiger partial charge is 0.287 e. The van der Waals surface area contributed by atoms with E-state index in [0.717, 1.165) is 18.2 Å². The lowest BCUT2D eigenvalue weighted by Gasteiger charge is -2.03. The van der Waals surface area contributed by atoms with Crippen molar-refractivity contribution in [2.45, 2.75) is 20.8 Å². The highest BCUT2D eigenvalue weighted by Crippen LogP contribution is 2.14. The van der Waals surface area contributed by atoms with E-state index < -0.39 is 23.1 Å². The molecule has 0 unspecified atom stereocenters. The van der Waals surface area contributed by atoms with Crippen LogP contribution in [-0.4, -0.2) is 20.7 Å². The first-order chi connectivity index (χ1) is 9.00. The summed E-state index contributed by atoms with van der Waals surface area (Å²) in [5.41, 5.74) is 4.70. The number of nitrogen functional groups attached to an aromatic ring is 1. The number of anilines is 1. The molecular weight excluding hydrogens is 254 g/mol. The number of halogens is 2. The van der Waals surface area contributed by atoms with Gasteiger partial charge >= 0.3 is 0 Å². The van der Waals surface area contributed by atoms with Gasteiger partial charge in [0.2, 0.25) is 5.95 Å². The Morgan fingerprint density at radius 3 is 2.21 bits per heavy atom. The van der Waals surface area contributed by atoms with Gasteiger partial charge in [-0.25, -0.2) is 8.78 Å². The number of carbonyl (C=O) groups is 1. The third kappa shape index (κ3) is 2.93. The zero-order valence-corrected chi connectivity index (χ0v) is 10.8. The van der Waals surface area contributed by atoms with Crippen LogP contribution in [0.4, 0.5) is 14.7 Å². The Bertz CT molecular complexity index is 575. The number of carbonyl (C=O) groups excluding carboxylic acids is 1. The Hall–Kier alpha value is -2.31. The molecule has 0 atom stereocenters. The van der Waals surface area contributed by atoms with Gasteiger partial charge in [-0.05, 0) is 19.1 Å². The maximum atomic E-state index is 13.4. The zero-order valence-electron chi connectivity index (χ0n) is 10.8. The van der Waals surface area contributed by atoms with Crippen LogP contribution in [-0.2, 0) is 0 Å². The molecule has 0 aliphatic carbocycles. The van der Waals surface area contributed by atoms with Crippen molar-refractivity contribution in [1.82, 2.24) is 14.8 Å². The first-order valence-corrected chi connectivity index (χ1v) is 5.68. The molecule has 19 heavy (non-hydrogen) atoms. The zero-order chi connectivity index (χ0) is 14.6. The molecule has 1 heterocycles. The monoisotopic (exact) mass is 268 g/mol. The van der Waals surface area contributed by atoms with Gasteiger partial charge in [-0.2, -0.15) is 9.67 Å². The van der Waals surface area contributed by atoms with Crippen molar-refractivity contribution in [2.24, 2.45) is 0 Å². The molecule has 0 saturated carbocycles. The second-order valence-electron chi connectivity index (χ2n) is 3.33. The third-order valence-corrected chi connectivity index (χ3v) is 2.11. The number of rotatable bonds is 1. The number of hydrogen-bond acceptors (Lipinski definition) is 4. The molecule has 1 aromatic heterocycles. The van der Waals surface area contributed by atoms with Crippen molar-refractivity contribution in [1.29, 1.82) is 0 Å². The Kier molecular flexibility index (Phi) is 4.68. The van der Waals surface area contributed by atoms with Gasteiger partial charge in [0.25, 0.3) is 5.91 Å². The number of hydrogen-bond donors (Lipinski definition) is 1. The molecular formula is C12H14F2N4O. The summed E-state index contributed by atoms with van der Waals surface area (Å²) in [5, 5.41) is 3.67. The van der Waals surface area contributed by atoms with Gasteiger partial charge in [0, 0.05) is 0 Å². The summed E-state index contributed by atoms with van der Waals surface area (Å²) in [5.74, 6) is -2.90. The summed E-state index contributed by atoms with van der Waals surface area (Å²) >= 11 is 0. The Morgan fingerprint density at radius 2 is 1.79 bits per heavy atom. The molecule has 0 aliphatic rings. The second kappa shape index (κ2) is 6.03. The van der Waals surface area contributed by atoms with Gasteiger partial charge in [-0.1, -0.05) is 19.9 Å². The van der Waals surface area contributed by atoms with Gasteiger partial charge in [0.1, 0.15) is 23.0 Å². The molecule has 1 aromatic carbocycles. The largest absolute Gasteiger partial charge is 0.368 e. The first-order valence-electron chi connectivity index (χ1n) is 5.68. The molecule has 5 nitrogen and oxygen atoms in total. The lowest BCUT2D eigenvalue weighted by molar-refractivity contribution is 0.0939. The van der Waals surface area contributed by atoms with E-state index in [-0.39, 0.29) is 11.8 Å². The van der Waals surface area contributed by atoms with Crippen LogP contribution in [0.25, 0.3) is 0 Å². The standard InChI is InChI=1S/C10H8F2N4O.C2H6/c1-5-14-10(13)16(15-5)9(17)8-6(11)3-2-4-7(8)12;1-2/h2-4H,1H3,(H2,13,14,15);1-2H3. The summed E-state index contributed by atoms with van der Waals surface area (Å²) in [6.45, 7) is 5.51. The van der Waals surface area contributed by atoms with Gasteiger partial charge < -0.3 is 5.73 Å². The molecule has 0 aliphatic heterocycles. The molecule has 0 spiro atoms. The molecule has 2 N–H and O–H groups in total. The van der Waals surface area contributed by atoms with E-state index in [4.69, 9.17) is 5.73 Å². The summed E-state index contributed by atoms with van der Waals surface area (Å²) in [6.07, 6.45) is 0. The number of aromatic nitrogens is 3. The topological polar surface area (TPSA) is 73.8 Å². The first kappa shape index (κ1) is 14.7. The van der Waals surface area contributed by atoms with Crippen LogP contribution in [0.5, 0.6) is 0 Å². The average Bonchev–Trinajstić information content (AvgIpc) is 2.70. The van der Waals surface area contributed by atoms with Crippen LogP contribution < -0.4 is 5.73 Å². The Labute approximate surface area is 109 Å². The van der Waals surface area contributed by atoms with E-state index in [1.165, 1.54) is 6.92 Å². The van der Waals surface area contributed by atoms with E-state index in [9.17, 15) is 13.6 Å². The van der Waals surface area contributed by atoms with Gasteiger partial charge in [-0.3, -0.25) is 4.79 Å². The highest BCUT2D eigenvalue weighted by atomic mass is 19.1. The minimum absolute atomic E-state index is 0.213. The summed E-state index contributed by atoms with van der Waals surface area (Å²) in [7, 11) is 0. The van der Waals surface area contributed by atoms with Crippen molar-refractivity contribution in [3.8, 4) is 0 Å². The number of nitrogens with two attached hydrogens (primary N) is 1. The maximum Gasteiger partial charge on any atom is 0.287 e. The van der Waals surface area contributed by atoms with Crippen LogP contribution >= 0.6 is 0 Å². The molecule has 2 rings (SSSR count). The van der Waals surface area contributed by atoms with E-state index in [1.807, 2.05) is 13.8 Å². The molecule has 7 heteroatoms. The summed E-state index contributed by atoms with van der Waals surface area (Å²) in [4.78, 5) is 15.5. The lowest BCUT2D eigenvalue weighted by Crippen LogP contribution is -2.19. The third-order valence-electron chi connectivity index (χ3n) is 2.11. The number of aryl methyl sites for hydroxylation is 1. The fourth-order valence-corrected chi connectivity index (χ4v) is 1.39. The van der Waals surface area contributed by atoms with E-state index >= 15 is 0 Å². The molecule has 102 valence electrons. The minimum atomic E-state index is -0.987. The normalized spacial score (nSPS) is 9.74. The van der Waals surface area contributed by atoms with E-state index in [2.05, 4.69) is 10.1 Å². The predicted molar refractivity (Wildman–Crippen MR) is 66.6 cm³/mol. The van der Waals surface area contributed by atoms with Gasteiger partial charge in [0.05, 0.1) is 0 Å². The Balaban J connectivity index is 0.000000861. The number of nitrogens with zero attached hydrogens (tertiary/aromatic N) is 3. The fourth-order valence-electron chi connectivity index (χ4n) is 1.39. The van der Waals surface area contributed by atoms with Crippen LogP contribution in [0.2, 0.25) is 0 Å². The van der Waals surface area contributed by atoms with Crippen LogP contribution in [0.3, 0.4) is 0 Å². The highest BCUT2D eigenvalue weighted by Gasteiger charge is 2.21. The van der Waals surface area contributed by atoms with Crippen molar-refractivity contribution in [2.75, 3.05) is 5.73 Å².